The van der Waals surface area contributed by atoms with Gasteiger partial charge in [-0.3, -0.25) is 4.90 Å². The minimum Gasteiger partial charge on any atom is -0.395 e. The van der Waals surface area contributed by atoms with Crippen molar-refractivity contribution in [3.63, 3.8) is 0 Å². The van der Waals surface area contributed by atoms with Gasteiger partial charge in [-0.05, 0) is 34.6 Å². The minimum absolute atomic E-state index is 0.182. The molecular formula is C11H26N2O. The highest BCUT2D eigenvalue weighted by molar-refractivity contribution is 4.72. The van der Waals surface area contributed by atoms with E-state index in [9.17, 15) is 0 Å². The zero-order valence-electron chi connectivity index (χ0n) is 10.3. The summed E-state index contributed by atoms with van der Waals surface area (Å²) in [7, 11) is 0. The molecule has 0 rings (SSSR count). The van der Waals surface area contributed by atoms with Crippen LogP contribution >= 0.6 is 0 Å². The largest absolute Gasteiger partial charge is 0.395 e. The molecule has 2 N–H and O–H groups in total. The lowest BCUT2D eigenvalue weighted by molar-refractivity contribution is 0.163. The number of nitrogens with zero attached hydrogens (tertiary/aromatic N) is 1. The Morgan fingerprint density at radius 2 is 1.79 bits per heavy atom. The molecule has 0 aliphatic rings. The van der Waals surface area contributed by atoms with Crippen LogP contribution in [0.2, 0.25) is 0 Å². The predicted molar refractivity (Wildman–Crippen MR) is 61.6 cm³/mol. The number of rotatable bonds is 6. The highest BCUT2D eigenvalue weighted by Gasteiger charge is 2.11. The second-order valence-corrected chi connectivity index (χ2v) is 5.03. The van der Waals surface area contributed by atoms with Crippen molar-refractivity contribution < 1.29 is 5.11 Å². The molecule has 0 aromatic heterocycles. The van der Waals surface area contributed by atoms with Gasteiger partial charge in [0, 0.05) is 31.2 Å². The molecule has 0 bridgehead atoms. The van der Waals surface area contributed by atoms with Crippen molar-refractivity contribution in [2.24, 2.45) is 0 Å². The molecule has 3 nitrogen and oxygen atoms in total. The first kappa shape index (κ1) is 13.9. The van der Waals surface area contributed by atoms with Gasteiger partial charge in [0.25, 0.3) is 0 Å². The first-order valence-electron chi connectivity index (χ1n) is 5.47. The lowest BCUT2D eigenvalue weighted by Gasteiger charge is -2.28. The molecule has 0 aliphatic heterocycles. The summed E-state index contributed by atoms with van der Waals surface area (Å²) >= 11 is 0. The first-order valence-corrected chi connectivity index (χ1v) is 5.47. The van der Waals surface area contributed by atoms with E-state index in [0.717, 1.165) is 19.6 Å². The molecule has 0 aromatic carbocycles. The third kappa shape index (κ3) is 7.30. The van der Waals surface area contributed by atoms with Crippen LogP contribution in [0.4, 0.5) is 0 Å². The fraction of sp³-hybridized carbons (Fsp3) is 1.00. The summed E-state index contributed by atoms with van der Waals surface area (Å²) in [4.78, 5) is 2.28. The molecule has 0 saturated carbocycles. The van der Waals surface area contributed by atoms with E-state index >= 15 is 0 Å². The Kier molecular flexibility index (Phi) is 6.33. The molecule has 0 atom stereocenters. The number of hydrogen-bond donors (Lipinski definition) is 2. The van der Waals surface area contributed by atoms with E-state index in [1.54, 1.807) is 0 Å². The van der Waals surface area contributed by atoms with Crippen molar-refractivity contribution in [3.05, 3.63) is 0 Å². The lowest BCUT2D eigenvalue weighted by Crippen LogP contribution is -2.44. The van der Waals surface area contributed by atoms with Crippen LogP contribution in [0.25, 0.3) is 0 Å². The van der Waals surface area contributed by atoms with Crippen molar-refractivity contribution in [3.8, 4) is 0 Å². The van der Waals surface area contributed by atoms with Crippen LogP contribution in [0.15, 0.2) is 0 Å². The van der Waals surface area contributed by atoms with E-state index in [4.69, 9.17) is 5.11 Å². The maximum atomic E-state index is 8.88. The van der Waals surface area contributed by atoms with Gasteiger partial charge in [0.2, 0.25) is 0 Å². The molecule has 0 spiro atoms. The van der Waals surface area contributed by atoms with Crippen molar-refractivity contribution in [1.29, 1.82) is 0 Å². The van der Waals surface area contributed by atoms with E-state index in [1.807, 2.05) is 0 Å². The highest BCUT2D eigenvalue weighted by Crippen LogP contribution is 1.99. The Morgan fingerprint density at radius 3 is 2.14 bits per heavy atom. The van der Waals surface area contributed by atoms with Gasteiger partial charge in [-0.25, -0.2) is 0 Å². The molecule has 0 unspecified atom stereocenters. The van der Waals surface area contributed by atoms with Crippen molar-refractivity contribution in [2.45, 2.75) is 46.2 Å². The summed E-state index contributed by atoms with van der Waals surface area (Å²) in [6.45, 7) is 13.8. The summed E-state index contributed by atoms with van der Waals surface area (Å²) in [5, 5.41) is 12.3. The molecule has 0 fully saturated rings. The summed E-state index contributed by atoms with van der Waals surface area (Å²) in [6.07, 6.45) is 0. The van der Waals surface area contributed by atoms with Gasteiger partial charge in [0.1, 0.15) is 0 Å². The van der Waals surface area contributed by atoms with Gasteiger partial charge in [-0.1, -0.05) is 0 Å². The van der Waals surface area contributed by atoms with Gasteiger partial charge in [-0.2, -0.15) is 0 Å². The number of aliphatic hydroxyl groups excluding tert-OH is 1. The van der Waals surface area contributed by atoms with Crippen LogP contribution in [0.5, 0.6) is 0 Å². The van der Waals surface area contributed by atoms with E-state index in [0.29, 0.717) is 6.04 Å². The highest BCUT2D eigenvalue weighted by atomic mass is 16.3. The molecule has 0 aromatic rings. The van der Waals surface area contributed by atoms with E-state index in [-0.39, 0.29) is 12.1 Å². The third-order valence-corrected chi connectivity index (χ3v) is 2.17. The Bertz CT molecular complexity index is 141. The molecular weight excluding hydrogens is 176 g/mol. The van der Waals surface area contributed by atoms with E-state index in [2.05, 4.69) is 44.8 Å². The van der Waals surface area contributed by atoms with Crippen LogP contribution in [0.3, 0.4) is 0 Å². The topological polar surface area (TPSA) is 35.5 Å². The average molecular weight is 202 g/mol. The first-order chi connectivity index (χ1) is 6.37. The molecule has 3 heteroatoms. The summed E-state index contributed by atoms with van der Waals surface area (Å²) in [6, 6.07) is 0.504. The molecule has 0 saturated heterocycles. The summed E-state index contributed by atoms with van der Waals surface area (Å²) in [5.74, 6) is 0. The minimum atomic E-state index is 0.182. The molecule has 0 radical (unpaired) electrons. The molecule has 0 heterocycles. The van der Waals surface area contributed by atoms with Crippen molar-refractivity contribution in [1.82, 2.24) is 10.2 Å². The van der Waals surface area contributed by atoms with Crippen LogP contribution in [0.1, 0.15) is 34.6 Å². The Morgan fingerprint density at radius 1 is 1.21 bits per heavy atom. The standard InChI is InChI=1S/C11H26N2O/c1-10(2)13(8-9-14)7-6-12-11(3,4)5/h10,12,14H,6-9H2,1-5H3. The van der Waals surface area contributed by atoms with Gasteiger partial charge >= 0.3 is 0 Å². The van der Waals surface area contributed by atoms with Crippen LogP contribution in [0, 0.1) is 0 Å². The molecule has 86 valence electrons. The maximum absolute atomic E-state index is 8.88. The predicted octanol–water partition coefficient (Wildman–Crippen LogP) is 1.08. The normalized spacial score (nSPS) is 12.9. The van der Waals surface area contributed by atoms with E-state index in [1.165, 1.54) is 0 Å². The second-order valence-electron chi connectivity index (χ2n) is 5.03. The Balaban J connectivity index is 3.72. The van der Waals surface area contributed by atoms with Gasteiger partial charge in [-0.15, -0.1) is 0 Å². The van der Waals surface area contributed by atoms with Crippen LogP contribution in [-0.4, -0.2) is 47.8 Å². The molecule has 14 heavy (non-hydrogen) atoms. The van der Waals surface area contributed by atoms with Gasteiger partial charge in [0.15, 0.2) is 0 Å². The maximum Gasteiger partial charge on any atom is 0.0558 e. The second kappa shape index (κ2) is 6.38. The van der Waals surface area contributed by atoms with Gasteiger partial charge < -0.3 is 10.4 Å². The number of nitrogens with one attached hydrogen (secondary N) is 1. The summed E-state index contributed by atoms with van der Waals surface area (Å²) in [5.41, 5.74) is 0.182. The number of hydrogen-bond acceptors (Lipinski definition) is 3. The molecule has 0 aliphatic carbocycles. The fourth-order valence-corrected chi connectivity index (χ4v) is 1.33. The van der Waals surface area contributed by atoms with Crippen molar-refractivity contribution in [2.75, 3.05) is 26.2 Å². The average Bonchev–Trinajstić information content (AvgIpc) is 2.00. The summed E-state index contributed by atoms with van der Waals surface area (Å²) < 4.78 is 0. The molecule has 0 amide bonds. The third-order valence-electron chi connectivity index (χ3n) is 2.17. The van der Waals surface area contributed by atoms with E-state index < -0.39 is 0 Å². The smallest absolute Gasteiger partial charge is 0.0558 e. The Hall–Kier alpha value is -0.120. The SMILES string of the molecule is CC(C)N(CCO)CCNC(C)(C)C. The zero-order chi connectivity index (χ0) is 11.2. The quantitative estimate of drug-likeness (QED) is 0.676. The van der Waals surface area contributed by atoms with Crippen LogP contribution < -0.4 is 5.32 Å². The monoisotopic (exact) mass is 202 g/mol. The van der Waals surface area contributed by atoms with Crippen LogP contribution in [-0.2, 0) is 0 Å². The number of aliphatic hydroxyl groups is 1. The zero-order valence-corrected chi connectivity index (χ0v) is 10.3. The van der Waals surface area contributed by atoms with Crippen molar-refractivity contribution >= 4 is 0 Å². The Labute approximate surface area is 88.5 Å². The lowest BCUT2D eigenvalue weighted by atomic mass is 10.1. The van der Waals surface area contributed by atoms with Gasteiger partial charge in [0.05, 0.1) is 6.61 Å². The fourth-order valence-electron chi connectivity index (χ4n) is 1.33.